The maximum atomic E-state index is 10.1. The molecule has 0 aliphatic heterocycles. The van der Waals surface area contributed by atoms with Crippen LogP contribution in [-0.4, -0.2) is 49.1 Å². The molecule has 0 amide bonds. The Bertz CT molecular complexity index is 173. The molecule has 0 heterocycles. The van der Waals surface area contributed by atoms with E-state index in [4.69, 9.17) is 0 Å². The summed E-state index contributed by atoms with van der Waals surface area (Å²) in [5.41, 5.74) is 0. The van der Waals surface area contributed by atoms with Crippen molar-refractivity contribution < 1.29 is 78.9 Å². The fourth-order valence-electron chi connectivity index (χ4n) is 0.637. The number of hydrogen-bond donors (Lipinski definition) is 0. The van der Waals surface area contributed by atoms with Gasteiger partial charge in [-0.3, -0.25) is 0 Å². The number of hydrogen-bond acceptors (Lipinski definition) is 6. The number of carbonyl (C=O) groups is 2. The first-order valence-corrected chi connectivity index (χ1v) is 3.25. The van der Waals surface area contributed by atoms with E-state index >= 15 is 0 Å². The van der Waals surface area contributed by atoms with Gasteiger partial charge in [-0.25, -0.2) is 10.0 Å². The van der Waals surface area contributed by atoms with E-state index in [1.165, 1.54) is 19.1 Å². The topological polar surface area (TPSA) is 86.7 Å². The van der Waals surface area contributed by atoms with E-state index in [0.29, 0.717) is 0 Å². The first-order chi connectivity index (χ1) is 5.43. The SMILES string of the molecule is CN(C)N(CC(=O)[O-])CC(=O)[O-].[Na+].[Na+]. The molecule has 14 heavy (non-hydrogen) atoms. The first-order valence-electron chi connectivity index (χ1n) is 3.25. The minimum absolute atomic E-state index is 0. The third kappa shape index (κ3) is 10.9. The van der Waals surface area contributed by atoms with Crippen LogP contribution in [0.15, 0.2) is 0 Å². The van der Waals surface area contributed by atoms with Gasteiger partial charge in [-0.1, -0.05) is 0 Å². The number of carboxylic acid groups (broad SMARTS) is 2. The van der Waals surface area contributed by atoms with Crippen LogP contribution in [0, 0.1) is 0 Å². The standard InChI is InChI=1S/C6H12N2O4.2Na/c1-7(2)8(3-5(9)10)4-6(11)12;;/h3-4H2,1-2H3,(H,9,10)(H,11,12);;/q;2*+1/p-2. The smallest absolute Gasteiger partial charge is 0.549 e. The maximum Gasteiger partial charge on any atom is 1.00 e. The number of nitrogens with zero attached hydrogens (tertiary/aromatic N) is 2. The van der Waals surface area contributed by atoms with Gasteiger partial charge in [-0.05, 0) is 0 Å². The van der Waals surface area contributed by atoms with Crippen LogP contribution in [0.4, 0.5) is 0 Å². The molecular formula is C6H10N2Na2O4. The van der Waals surface area contributed by atoms with Crippen LogP contribution in [0.1, 0.15) is 0 Å². The summed E-state index contributed by atoms with van der Waals surface area (Å²) in [4.78, 5) is 20.2. The fraction of sp³-hybridized carbons (Fsp3) is 0.667. The number of carbonyl (C=O) groups excluding carboxylic acids is 2. The first kappa shape index (κ1) is 20.3. The Balaban J connectivity index is -0.000000605. The van der Waals surface area contributed by atoms with Crippen molar-refractivity contribution in [2.24, 2.45) is 0 Å². The number of rotatable bonds is 5. The number of hydrazine groups is 1. The Kier molecular flexibility index (Phi) is 15.0. The third-order valence-corrected chi connectivity index (χ3v) is 1.19. The monoisotopic (exact) mass is 220 g/mol. The molecule has 0 saturated heterocycles. The van der Waals surface area contributed by atoms with Crippen molar-refractivity contribution in [1.82, 2.24) is 10.0 Å². The second kappa shape index (κ2) is 10.4. The van der Waals surface area contributed by atoms with Gasteiger partial charge in [0.15, 0.2) is 0 Å². The second-order valence-electron chi connectivity index (χ2n) is 2.41. The van der Waals surface area contributed by atoms with Gasteiger partial charge in [0.05, 0.1) is 25.0 Å². The van der Waals surface area contributed by atoms with E-state index < -0.39 is 25.0 Å². The Morgan fingerprint density at radius 1 is 1.00 bits per heavy atom. The molecule has 0 radical (unpaired) electrons. The van der Waals surface area contributed by atoms with Crippen LogP contribution in [-0.2, 0) is 9.59 Å². The Morgan fingerprint density at radius 3 is 1.43 bits per heavy atom. The average Bonchev–Trinajstić information content (AvgIpc) is 1.83. The van der Waals surface area contributed by atoms with Crippen LogP contribution in [0.3, 0.4) is 0 Å². The van der Waals surface area contributed by atoms with Gasteiger partial charge in [-0.15, -0.1) is 0 Å². The molecule has 0 bridgehead atoms. The van der Waals surface area contributed by atoms with Crippen molar-refractivity contribution in [3.8, 4) is 0 Å². The van der Waals surface area contributed by atoms with Gasteiger partial charge in [0.25, 0.3) is 0 Å². The minimum atomic E-state index is -1.33. The molecule has 0 rings (SSSR count). The molecule has 0 aromatic heterocycles. The van der Waals surface area contributed by atoms with Crippen LogP contribution in [0.5, 0.6) is 0 Å². The zero-order valence-corrected chi connectivity index (χ0v) is 12.9. The summed E-state index contributed by atoms with van der Waals surface area (Å²) in [6.45, 7) is -0.915. The zero-order valence-electron chi connectivity index (χ0n) is 8.94. The molecule has 0 unspecified atom stereocenters. The molecule has 0 aromatic carbocycles. The van der Waals surface area contributed by atoms with Crippen molar-refractivity contribution in [2.45, 2.75) is 0 Å². The van der Waals surface area contributed by atoms with Crippen LogP contribution < -0.4 is 69.3 Å². The maximum absolute atomic E-state index is 10.1. The molecule has 0 fully saturated rings. The van der Waals surface area contributed by atoms with E-state index in [1.54, 1.807) is 0 Å². The van der Waals surface area contributed by atoms with E-state index in [9.17, 15) is 19.8 Å². The number of carboxylic acids is 2. The molecule has 0 spiro atoms. The zero-order chi connectivity index (χ0) is 9.72. The fourth-order valence-corrected chi connectivity index (χ4v) is 0.637. The van der Waals surface area contributed by atoms with Crippen LogP contribution >= 0.6 is 0 Å². The van der Waals surface area contributed by atoms with Crippen molar-refractivity contribution in [2.75, 3.05) is 27.2 Å². The Morgan fingerprint density at radius 2 is 1.29 bits per heavy atom. The Hall–Kier alpha value is 0.860. The molecule has 0 aliphatic rings. The molecule has 6 nitrogen and oxygen atoms in total. The molecule has 0 atom stereocenters. The van der Waals surface area contributed by atoms with Crippen LogP contribution in [0.2, 0.25) is 0 Å². The van der Waals surface area contributed by atoms with Crippen molar-refractivity contribution in [3.05, 3.63) is 0 Å². The van der Waals surface area contributed by atoms with E-state index in [-0.39, 0.29) is 59.1 Å². The third-order valence-electron chi connectivity index (χ3n) is 1.19. The summed E-state index contributed by atoms with van der Waals surface area (Å²) in [7, 11) is 3.07. The summed E-state index contributed by atoms with van der Waals surface area (Å²) >= 11 is 0. The molecule has 0 saturated carbocycles. The number of aliphatic carboxylic acids is 2. The molecule has 0 aromatic rings. The molecule has 70 valence electrons. The Labute approximate surface area is 127 Å². The van der Waals surface area contributed by atoms with Crippen molar-refractivity contribution >= 4 is 11.9 Å². The summed E-state index contributed by atoms with van der Waals surface area (Å²) < 4.78 is 0. The normalized spacial score (nSPS) is 9.14. The summed E-state index contributed by atoms with van der Waals surface area (Å²) in [6, 6.07) is 0. The van der Waals surface area contributed by atoms with Gasteiger partial charge < -0.3 is 19.8 Å². The minimum Gasteiger partial charge on any atom is -0.549 e. The van der Waals surface area contributed by atoms with E-state index in [2.05, 4.69) is 0 Å². The predicted molar refractivity (Wildman–Crippen MR) is 35.3 cm³/mol. The largest absolute Gasteiger partial charge is 1.00 e. The molecule has 0 aliphatic carbocycles. The van der Waals surface area contributed by atoms with Gasteiger partial charge >= 0.3 is 59.1 Å². The second-order valence-corrected chi connectivity index (χ2v) is 2.41. The summed E-state index contributed by atoms with van der Waals surface area (Å²) in [5.74, 6) is -2.66. The van der Waals surface area contributed by atoms with E-state index in [0.717, 1.165) is 5.01 Å². The summed E-state index contributed by atoms with van der Waals surface area (Å²) in [5, 5.41) is 22.6. The molecular weight excluding hydrogens is 210 g/mol. The van der Waals surface area contributed by atoms with E-state index in [1.807, 2.05) is 0 Å². The van der Waals surface area contributed by atoms with Gasteiger partial charge in [0.1, 0.15) is 0 Å². The molecule has 8 heteroatoms. The average molecular weight is 220 g/mol. The summed E-state index contributed by atoms with van der Waals surface area (Å²) in [6.07, 6.45) is 0. The predicted octanol–water partition coefficient (Wildman–Crippen LogP) is -9.73. The van der Waals surface area contributed by atoms with Crippen LogP contribution in [0.25, 0.3) is 0 Å². The van der Waals surface area contributed by atoms with Crippen molar-refractivity contribution in [3.63, 3.8) is 0 Å². The van der Waals surface area contributed by atoms with Gasteiger partial charge in [0, 0.05) is 14.1 Å². The van der Waals surface area contributed by atoms with Crippen molar-refractivity contribution in [1.29, 1.82) is 0 Å². The molecule has 0 N–H and O–H groups in total. The van der Waals surface area contributed by atoms with Gasteiger partial charge in [0.2, 0.25) is 0 Å². The van der Waals surface area contributed by atoms with Gasteiger partial charge in [-0.2, -0.15) is 0 Å². The quantitative estimate of drug-likeness (QED) is 0.338.